The van der Waals surface area contributed by atoms with Crippen LogP contribution in [0.1, 0.15) is 12.6 Å². The lowest BCUT2D eigenvalue weighted by Crippen LogP contribution is -2.47. The first-order valence-corrected chi connectivity index (χ1v) is 10.4. The first-order chi connectivity index (χ1) is 14.7. The van der Waals surface area contributed by atoms with Crippen LogP contribution < -0.4 is 9.80 Å². The van der Waals surface area contributed by atoms with Crippen molar-refractivity contribution in [2.45, 2.75) is 6.92 Å². The fourth-order valence-electron chi connectivity index (χ4n) is 3.72. The van der Waals surface area contributed by atoms with Gasteiger partial charge in [0.25, 0.3) is 0 Å². The largest absolute Gasteiger partial charge is 0.353 e. The normalized spacial score (nSPS) is 15.2. The molecular weight excluding hydrogens is 394 g/mol. The second-order valence-electron chi connectivity index (χ2n) is 7.10. The number of halogens is 1. The van der Waals surface area contributed by atoms with Crippen LogP contribution in [0.15, 0.2) is 78.5 Å². The summed E-state index contributed by atoms with van der Waals surface area (Å²) >= 11 is 5.91. The molecule has 2 aromatic heterocycles. The summed E-state index contributed by atoms with van der Waals surface area (Å²) in [5.41, 5.74) is 1.81. The Balaban J connectivity index is 1.63. The number of hydrogen-bond donors (Lipinski definition) is 0. The number of nitrogens with zero attached hydrogens (tertiary/aromatic N) is 5. The van der Waals surface area contributed by atoms with E-state index in [2.05, 4.69) is 49.8 Å². The summed E-state index contributed by atoms with van der Waals surface area (Å²) in [6.45, 7) is 9.25. The van der Waals surface area contributed by atoms with Gasteiger partial charge in [0.15, 0.2) is 5.82 Å². The zero-order valence-corrected chi connectivity index (χ0v) is 17.8. The van der Waals surface area contributed by atoms with Crippen molar-refractivity contribution in [3.63, 3.8) is 0 Å². The maximum Gasteiger partial charge on any atom is 0.159 e. The molecule has 0 unspecified atom stereocenters. The first kappa shape index (κ1) is 20.1. The molecule has 152 valence electrons. The molecule has 0 spiro atoms. The molecular formula is C24H24ClN5. The number of allylic oxidation sites excluding steroid dienone is 5. The van der Waals surface area contributed by atoms with Crippen molar-refractivity contribution in [1.29, 1.82) is 0 Å². The van der Waals surface area contributed by atoms with Gasteiger partial charge >= 0.3 is 0 Å². The van der Waals surface area contributed by atoms with Crippen LogP contribution in [0.2, 0.25) is 0 Å². The van der Waals surface area contributed by atoms with Crippen molar-refractivity contribution in [2.75, 3.05) is 36.0 Å². The Kier molecular flexibility index (Phi) is 6.10. The molecule has 3 aromatic rings. The summed E-state index contributed by atoms with van der Waals surface area (Å²) < 4.78 is 0. The van der Waals surface area contributed by atoms with Crippen LogP contribution in [0, 0.1) is 0 Å². The highest BCUT2D eigenvalue weighted by Crippen LogP contribution is 2.30. The average Bonchev–Trinajstić information content (AvgIpc) is 2.80. The van der Waals surface area contributed by atoms with Crippen LogP contribution >= 0.6 is 11.6 Å². The fourth-order valence-corrected chi connectivity index (χ4v) is 3.78. The zero-order chi connectivity index (χ0) is 20.9. The van der Waals surface area contributed by atoms with E-state index in [0.717, 1.165) is 59.9 Å². The molecule has 30 heavy (non-hydrogen) atoms. The van der Waals surface area contributed by atoms with E-state index in [4.69, 9.17) is 11.6 Å². The Morgan fingerprint density at radius 3 is 2.30 bits per heavy atom. The summed E-state index contributed by atoms with van der Waals surface area (Å²) in [4.78, 5) is 9.09. The van der Waals surface area contributed by atoms with Crippen molar-refractivity contribution in [3.8, 4) is 0 Å². The van der Waals surface area contributed by atoms with E-state index >= 15 is 0 Å². The second-order valence-corrected chi connectivity index (χ2v) is 7.59. The molecule has 1 aliphatic rings. The minimum atomic E-state index is 0.481. The molecule has 0 saturated carbocycles. The molecule has 3 heterocycles. The van der Waals surface area contributed by atoms with Crippen molar-refractivity contribution < 1.29 is 0 Å². The smallest absolute Gasteiger partial charge is 0.159 e. The lowest BCUT2D eigenvalue weighted by molar-refractivity contribution is 0.640. The topological polar surface area (TPSA) is 45.2 Å². The highest BCUT2D eigenvalue weighted by molar-refractivity contribution is 6.30. The third-order valence-corrected chi connectivity index (χ3v) is 5.37. The SMILES string of the molecule is C=C(Cl)/C=C\C(=C/C)c1nnc(N2CCN(c3ccccn3)CC2)c2ccccc12. The van der Waals surface area contributed by atoms with Crippen LogP contribution in [-0.2, 0) is 0 Å². The third-order valence-electron chi connectivity index (χ3n) is 5.25. The highest BCUT2D eigenvalue weighted by Gasteiger charge is 2.22. The Bertz CT molecular complexity index is 1100. The molecule has 0 radical (unpaired) electrons. The van der Waals surface area contributed by atoms with Gasteiger partial charge in [0.1, 0.15) is 11.5 Å². The Labute approximate surface area is 182 Å². The molecule has 4 rings (SSSR count). The van der Waals surface area contributed by atoms with Gasteiger partial charge < -0.3 is 9.80 Å². The van der Waals surface area contributed by atoms with Crippen molar-refractivity contribution in [1.82, 2.24) is 15.2 Å². The zero-order valence-electron chi connectivity index (χ0n) is 17.0. The Hall–Kier alpha value is -3.18. The minimum absolute atomic E-state index is 0.481. The molecule has 6 heteroatoms. The summed E-state index contributed by atoms with van der Waals surface area (Å²) in [6.07, 6.45) is 7.56. The van der Waals surface area contributed by atoms with Crippen LogP contribution in [-0.4, -0.2) is 41.4 Å². The summed E-state index contributed by atoms with van der Waals surface area (Å²) in [5, 5.41) is 11.9. The molecule has 1 aliphatic heterocycles. The first-order valence-electron chi connectivity index (χ1n) is 10.0. The van der Waals surface area contributed by atoms with Crippen LogP contribution in [0.4, 0.5) is 11.6 Å². The predicted octanol–water partition coefficient (Wildman–Crippen LogP) is 5.06. The molecule has 0 aliphatic carbocycles. The van der Waals surface area contributed by atoms with Gasteiger partial charge in [0, 0.05) is 48.2 Å². The molecule has 0 bridgehead atoms. The maximum absolute atomic E-state index is 5.91. The third kappa shape index (κ3) is 4.21. The molecule has 0 atom stereocenters. The van der Waals surface area contributed by atoms with E-state index in [-0.39, 0.29) is 0 Å². The number of hydrogen-bond acceptors (Lipinski definition) is 5. The van der Waals surface area contributed by atoms with Crippen molar-refractivity contribution in [2.24, 2.45) is 0 Å². The monoisotopic (exact) mass is 417 g/mol. The Morgan fingerprint density at radius 1 is 0.933 bits per heavy atom. The van der Waals surface area contributed by atoms with Gasteiger partial charge in [-0.2, -0.15) is 0 Å². The van der Waals surface area contributed by atoms with Gasteiger partial charge in [-0.1, -0.05) is 60.7 Å². The number of anilines is 2. The van der Waals surface area contributed by atoms with Gasteiger partial charge in [0.2, 0.25) is 0 Å². The summed E-state index contributed by atoms with van der Waals surface area (Å²) in [5.74, 6) is 1.95. The summed E-state index contributed by atoms with van der Waals surface area (Å²) in [6, 6.07) is 14.3. The second kappa shape index (κ2) is 9.09. The van der Waals surface area contributed by atoms with Crippen LogP contribution in [0.25, 0.3) is 16.3 Å². The number of aromatic nitrogens is 3. The molecule has 1 fully saturated rings. The lowest BCUT2D eigenvalue weighted by Gasteiger charge is -2.36. The molecule has 1 aromatic carbocycles. The van der Waals surface area contributed by atoms with Gasteiger partial charge in [-0.05, 0) is 30.7 Å². The van der Waals surface area contributed by atoms with Gasteiger partial charge in [-0.25, -0.2) is 4.98 Å². The molecule has 5 nitrogen and oxygen atoms in total. The lowest BCUT2D eigenvalue weighted by atomic mass is 10.0. The standard InChI is InChI=1S/C24H24ClN5/c1-3-19(12-11-18(2)25)23-20-8-4-5-9-21(20)24(28-27-23)30-16-14-29(15-17-30)22-10-6-7-13-26-22/h3-13H,2,14-17H2,1H3/b12-11-,19-3+. The van der Waals surface area contributed by atoms with E-state index < -0.39 is 0 Å². The minimum Gasteiger partial charge on any atom is -0.353 e. The van der Waals surface area contributed by atoms with Gasteiger partial charge in [-0.3, -0.25) is 0 Å². The van der Waals surface area contributed by atoms with E-state index in [1.165, 1.54) is 0 Å². The van der Waals surface area contributed by atoms with Gasteiger partial charge in [0.05, 0.1) is 0 Å². The molecule has 0 amide bonds. The van der Waals surface area contributed by atoms with Crippen molar-refractivity contribution >= 4 is 39.6 Å². The van der Waals surface area contributed by atoms with Gasteiger partial charge in [-0.15, -0.1) is 10.2 Å². The van der Waals surface area contributed by atoms with Crippen LogP contribution in [0.3, 0.4) is 0 Å². The number of pyridine rings is 1. The maximum atomic E-state index is 5.91. The van der Waals surface area contributed by atoms with E-state index in [9.17, 15) is 0 Å². The number of rotatable bonds is 5. The quantitative estimate of drug-likeness (QED) is 0.543. The molecule has 0 N–H and O–H groups in total. The molecule has 1 saturated heterocycles. The van der Waals surface area contributed by atoms with Crippen LogP contribution in [0.5, 0.6) is 0 Å². The van der Waals surface area contributed by atoms with Crippen molar-refractivity contribution in [3.05, 3.63) is 84.2 Å². The number of piperazine rings is 1. The number of fused-ring (bicyclic) bond motifs is 1. The van der Waals surface area contributed by atoms with E-state index in [1.807, 2.05) is 49.5 Å². The predicted molar refractivity (Wildman–Crippen MR) is 126 cm³/mol. The van der Waals surface area contributed by atoms with E-state index in [1.54, 1.807) is 6.08 Å². The number of benzene rings is 1. The fraction of sp³-hybridized carbons (Fsp3) is 0.208. The summed E-state index contributed by atoms with van der Waals surface area (Å²) in [7, 11) is 0. The average molecular weight is 418 g/mol. The Morgan fingerprint density at radius 2 is 1.63 bits per heavy atom. The highest BCUT2D eigenvalue weighted by atomic mass is 35.5. The van der Waals surface area contributed by atoms with E-state index in [0.29, 0.717) is 5.03 Å².